The van der Waals surface area contributed by atoms with Crippen LogP contribution >= 0.6 is 36.2 Å². The average Bonchev–Trinajstić information content (AvgIpc) is 3.17. The first-order chi connectivity index (χ1) is 11.4. The lowest BCUT2D eigenvalue weighted by Gasteiger charge is -2.17. The van der Waals surface area contributed by atoms with Crippen LogP contribution in [0.4, 0.5) is 5.82 Å². The molecular formula is C18H20Cl2N4S. The lowest BCUT2D eigenvalue weighted by molar-refractivity contribution is 0.657. The highest BCUT2D eigenvalue weighted by molar-refractivity contribution is 7.19. The predicted octanol–water partition coefficient (Wildman–Crippen LogP) is 4.28. The maximum atomic E-state index is 4.59. The number of hydrogen-bond donors (Lipinski definition) is 2. The number of benzene rings is 1. The SMILES string of the molecule is Cl.Cl.c1ccc2c(c1)CCC2Nc1ncnc2sc3c(c12)CCNC3. The van der Waals surface area contributed by atoms with Gasteiger partial charge in [-0.1, -0.05) is 24.3 Å². The Bertz CT molecular complexity index is 896. The summed E-state index contributed by atoms with van der Waals surface area (Å²) in [5.41, 5.74) is 4.33. The lowest BCUT2D eigenvalue weighted by Crippen LogP contribution is -2.22. The summed E-state index contributed by atoms with van der Waals surface area (Å²) in [7, 11) is 0. The highest BCUT2D eigenvalue weighted by Crippen LogP contribution is 2.39. The van der Waals surface area contributed by atoms with Crippen LogP contribution in [-0.4, -0.2) is 16.5 Å². The van der Waals surface area contributed by atoms with E-state index in [1.807, 2.05) is 0 Å². The van der Waals surface area contributed by atoms with Gasteiger partial charge in [0.15, 0.2) is 0 Å². The quantitative estimate of drug-likeness (QED) is 0.680. The Kier molecular flexibility index (Phi) is 5.49. The molecule has 2 aromatic heterocycles. The standard InChI is InChI=1S/C18H18N4S.2ClH/c1-2-4-12-11(3-1)5-6-14(12)22-17-16-13-7-8-19-9-15(13)23-18(16)21-10-20-17;;/h1-4,10,14,19H,5-9H2,(H,20,21,22);2*1H. The number of thiophene rings is 1. The Balaban J connectivity index is 0.000000911. The van der Waals surface area contributed by atoms with E-state index in [1.54, 1.807) is 17.7 Å². The van der Waals surface area contributed by atoms with Gasteiger partial charge in [-0.15, -0.1) is 36.2 Å². The molecular weight excluding hydrogens is 375 g/mol. The Morgan fingerprint density at radius 1 is 1.12 bits per heavy atom. The molecule has 0 spiro atoms. The van der Waals surface area contributed by atoms with Crippen molar-refractivity contribution in [2.24, 2.45) is 0 Å². The van der Waals surface area contributed by atoms with Crippen molar-refractivity contribution in [1.29, 1.82) is 0 Å². The monoisotopic (exact) mass is 394 g/mol. The summed E-state index contributed by atoms with van der Waals surface area (Å²) in [5.74, 6) is 1.01. The molecule has 3 heterocycles. The Labute approximate surface area is 163 Å². The molecule has 132 valence electrons. The number of aryl methyl sites for hydroxylation is 1. The molecule has 1 aromatic carbocycles. The zero-order valence-corrected chi connectivity index (χ0v) is 16.1. The second-order valence-electron chi connectivity index (χ2n) is 6.27. The van der Waals surface area contributed by atoms with E-state index in [1.165, 1.54) is 27.0 Å². The van der Waals surface area contributed by atoms with Gasteiger partial charge < -0.3 is 10.6 Å². The molecule has 3 aromatic rings. The smallest absolute Gasteiger partial charge is 0.138 e. The molecule has 0 saturated carbocycles. The number of halogens is 2. The highest BCUT2D eigenvalue weighted by atomic mass is 35.5. The molecule has 1 aliphatic carbocycles. The largest absolute Gasteiger partial charge is 0.363 e. The third-order valence-electron chi connectivity index (χ3n) is 4.95. The van der Waals surface area contributed by atoms with Crippen LogP contribution in [0.1, 0.15) is 34.0 Å². The molecule has 25 heavy (non-hydrogen) atoms. The molecule has 1 atom stereocenters. The number of nitrogens with zero attached hydrogens (tertiary/aromatic N) is 2. The molecule has 2 N–H and O–H groups in total. The number of aromatic nitrogens is 2. The highest BCUT2D eigenvalue weighted by Gasteiger charge is 2.25. The second kappa shape index (κ2) is 7.46. The zero-order valence-electron chi connectivity index (χ0n) is 13.6. The molecule has 1 unspecified atom stereocenters. The van der Waals surface area contributed by atoms with Crippen LogP contribution in [0.5, 0.6) is 0 Å². The molecule has 0 radical (unpaired) electrons. The fraction of sp³-hybridized carbons (Fsp3) is 0.333. The molecule has 0 saturated heterocycles. The van der Waals surface area contributed by atoms with E-state index in [4.69, 9.17) is 0 Å². The van der Waals surface area contributed by atoms with Gasteiger partial charge in [0, 0.05) is 11.4 Å². The van der Waals surface area contributed by atoms with Crippen molar-refractivity contribution in [3.05, 3.63) is 52.2 Å². The first kappa shape index (κ1) is 18.4. The van der Waals surface area contributed by atoms with Crippen LogP contribution in [0.3, 0.4) is 0 Å². The van der Waals surface area contributed by atoms with Gasteiger partial charge in [-0.25, -0.2) is 9.97 Å². The summed E-state index contributed by atoms with van der Waals surface area (Å²) >= 11 is 1.80. The molecule has 4 nitrogen and oxygen atoms in total. The first-order valence-electron chi connectivity index (χ1n) is 8.20. The second-order valence-corrected chi connectivity index (χ2v) is 7.35. The molecule has 5 rings (SSSR count). The van der Waals surface area contributed by atoms with E-state index >= 15 is 0 Å². The summed E-state index contributed by atoms with van der Waals surface area (Å²) in [6.45, 7) is 2.00. The average molecular weight is 395 g/mol. The van der Waals surface area contributed by atoms with Gasteiger partial charge in [-0.2, -0.15) is 0 Å². The number of anilines is 1. The van der Waals surface area contributed by atoms with Crippen LogP contribution in [0.25, 0.3) is 10.2 Å². The lowest BCUT2D eigenvalue weighted by atomic mass is 10.1. The minimum atomic E-state index is 0. The van der Waals surface area contributed by atoms with Gasteiger partial charge in [0.05, 0.1) is 11.4 Å². The van der Waals surface area contributed by atoms with Gasteiger partial charge in [-0.05, 0) is 42.5 Å². The van der Waals surface area contributed by atoms with Gasteiger partial charge in [0.1, 0.15) is 17.0 Å². The first-order valence-corrected chi connectivity index (χ1v) is 9.02. The van der Waals surface area contributed by atoms with Crippen LogP contribution in [-0.2, 0) is 19.4 Å². The minimum absolute atomic E-state index is 0. The summed E-state index contributed by atoms with van der Waals surface area (Å²) in [4.78, 5) is 11.6. The number of hydrogen-bond acceptors (Lipinski definition) is 5. The van der Waals surface area contributed by atoms with Crippen molar-refractivity contribution in [1.82, 2.24) is 15.3 Å². The maximum Gasteiger partial charge on any atom is 0.138 e. The molecule has 0 bridgehead atoms. The van der Waals surface area contributed by atoms with Crippen LogP contribution < -0.4 is 10.6 Å². The zero-order chi connectivity index (χ0) is 15.2. The maximum absolute atomic E-state index is 4.59. The van der Waals surface area contributed by atoms with E-state index in [9.17, 15) is 0 Å². The van der Waals surface area contributed by atoms with Crippen molar-refractivity contribution in [2.75, 3.05) is 11.9 Å². The van der Waals surface area contributed by atoms with Crippen LogP contribution in [0.15, 0.2) is 30.6 Å². The van der Waals surface area contributed by atoms with Crippen LogP contribution in [0, 0.1) is 0 Å². The van der Waals surface area contributed by atoms with E-state index in [0.717, 1.165) is 43.0 Å². The molecule has 2 aliphatic rings. The van der Waals surface area contributed by atoms with Gasteiger partial charge in [0.25, 0.3) is 0 Å². The summed E-state index contributed by atoms with van der Waals surface area (Å²) in [6, 6.07) is 9.11. The molecule has 1 aliphatic heterocycles. The molecule has 0 fully saturated rings. The Hall–Kier alpha value is -1.40. The number of nitrogens with one attached hydrogen (secondary N) is 2. The number of fused-ring (bicyclic) bond motifs is 4. The summed E-state index contributed by atoms with van der Waals surface area (Å²) in [5, 5.41) is 8.41. The van der Waals surface area contributed by atoms with Crippen molar-refractivity contribution in [3.63, 3.8) is 0 Å². The van der Waals surface area contributed by atoms with Crippen molar-refractivity contribution in [2.45, 2.75) is 31.8 Å². The summed E-state index contributed by atoms with van der Waals surface area (Å²) < 4.78 is 0. The van der Waals surface area contributed by atoms with E-state index in [2.05, 4.69) is 44.9 Å². The third-order valence-corrected chi connectivity index (χ3v) is 6.09. The molecule has 7 heteroatoms. The van der Waals surface area contributed by atoms with Crippen molar-refractivity contribution >= 4 is 52.2 Å². The third kappa shape index (κ3) is 3.10. The van der Waals surface area contributed by atoms with Gasteiger partial charge >= 0.3 is 0 Å². The summed E-state index contributed by atoms with van der Waals surface area (Å²) in [6.07, 6.45) is 5.05. The van der Waals surface area contributed by atoms with Gasteiger partial charge in [-0.3, -0.25) is 0 Å². The fourth-order valence-electron chi connectivity index (χ4n) is 3.84. The van der Waals surface area contributed by atoms with E-state index in [-0.39, 0.29) is 24.8 Å². The molecule has 0 amide bonds. The van der Waals surface area contributed by atoms with Gasteiger partial charge in [0.2, 0.25) is 0 Å². The van der Waals surface area contributed by atoms with Crippen molar-refractivity contribution in [3.8, 4) is 0 Å². The minimum Gasteiger partial charge on any atom is -0.363 e. The van der Waals surface area contributed by atoms with E-state index in [0.29, 0.717) is 6.04 Å². The normalized spacial score (nSPS) is 18.0. The van der Waals surface area contributed by atoms with Crippen molar-refractivity contribution < 1.29 is 0 Å². The topological polar surface area (TPSA) is 49.8 Å². The number of rotatable bonds is 2. The fourth-order valence-corrected chi connectivity index (χ4v) is 5.00. The Morgan fingerprint density at radius 2 is 2.00 bits per heavy atom. The van der Waals surface area contributed by atoms with E-state index < -0.39 is 0 Å². The van der Waals surface area contributed by atoms with Crippen LogP contribution in [0.2, 0.25) is 0 Å². The Morgan fingerprint density at radius 3 is 2.92 bits per heavy atom. The predicted molar refractivity (Wildman–Crippen MR) is 108 cm³/mol.